The van der Waals surface area contributed by atoms with Crippen LogP contribution >= 0.6 is 0 Å². The van der Waals surface area contributed by atoms with Gasteiger partial charge in [0.05, 0.1) is 12.2 Å². The van der Waals surface area contributed by atoms with Crippen molar-refractivity contribution >= 4 is 11.9 Å². The maximum absolute atomic E-state index is 13.7. The van der Waals surface area contributed by atoms with Gasteiger partial charge in [-0.1, -0.05) is 57.2 Å². The minimum absolute atomic E-state index is 0.0587. The Morgan fingerprint density at radius 2 is 1.66 bits per heavy atom. The Bertz CT molecular complexity index is 931. The molecule has 0 bridgehead atoms. The van der Waals surface area contributed by atoms with Crippen LogP contribution in [-0.2, 0) is 17.8 Å². The predicted octanol–water partition coefficient (Wildman–Crippen LogP) is 3.97. The van der Waals surface area contributed by atoms with E-state index < -0.39 is 5.54 Å². The minimum atomic E-state index is -0.741. The number of imide groups is 1. The van der Waals surface area contributed by atoms with Crippen LogP contribution in [0, 0.1) is 5.41 Å². The fourth-order valence-electron chi connectivity index (χ4n) is 5.01. The van der Waals surface area contributed by atoms with Crippen molar-refractivity contribution in [1.29, 1.82) is 0 Å². The molecule has 32 heavy (non-hydrogen) atoms. The lowest BCUT2D eigenvalue weighted by Crippen LogP contribution is -2.57. The number of hydrogen-bond donors (Lipinski definition) is 0. The quantitative estimate of drug-likeness (QED) is 0.646. The molecular weight excluding hydrogens is 400 g/mol. The van der Waals surface area contributed by atoms with E-state index in [2.05, 4.69) is 42.8 Å². The topological polar surface area (TPSA) is 56.8 Å². The molecular formula is C26H34N4O2. The number of amides is 3. The first-order chi connectivity index (χ1) is 15.3. The molecule has 1 aromatic carbocycles. The van der Waals surface area contributed by atoms with Gasteiger partial charge < -0.3 is 9.80 Å². The predicted molar refractivity (Wildman–Crippen MR) is 125 cm³/mol. The number of hydrogen-bond acceptors (Lipinski definition) is 4. The van der Waals surface area contributed by atoms with Crippen molar-refractivity contribution in [2.75, 3.05) is 26.2 Å². The summed E-state index contributed by atoms with van der Waals surface area (Å²) in [4.78, 5) is 37.3. The van der Waals surface area contributed by atoms with Crippen molar-refractivity contribution in [2.45, 2.75) is 52.1 Å². The van der Waals surface area contributed by atoms with E-state index >= 15 is 0 Å². The van der Waals surface area contributed by atoms with Gasteiger partial charge in [-0.2, -0.15) is 0 Å². The normalized spacial score (nSPS) is 19.2. The molecule has 6 heteroatoms. The van der Waals surface area contributed by atoms with E-state index in [1.54, 1.807) is 6.20 Å². The van der Waals surface area contributed by atoms with E-state index in [-0.39, 0.29) is 23.9 Å². The molecule has 2 aliphatic heterocycles. The largest absolute Gasteiger partial charge is 0.328 e. The average molecular weight is 435 g/mol. The number of carbonyl (C=O) groups is 2. The molecule has 170 valence electrons. The van der Waals surface area contributed by atoms with Gasteiger partial charge >= 0.3 is 6.03 Å². The number of rotatable bonds is 6. The zero-order valence-corrected chi connectivity index (χ0v) is 19.5. The van der Waals surface area contributed by atoms with Crippen LogP contribution in [0.5, 0.6) is 0 Å². The van der Waals surface area contributed by atoms with Crippen molar-refractivity contribution < 1.29 is 9.59 Å². The van der Waals surface area contributed by atoms with Gasteiger partial charge in [0.1, 0.15) is 5.54 Å². The van der Waals surface area contributed by atoms with Gasteiger partial charge in [-0.15, -0.1) is 0 Å². The van der Waals surface area contributed by atoms with Crippen molar-refractivity contribution in [1.82, 2.24) is 19.7 Å². The molecule has 2 aromatic rings. The smallest absolute Gasteiger partial charge is 0.309 e. The molecule has 4 rings (SSSR count). The Morgan fingerprint density at radius 3 is 2.28 bits per heavy atom. The summed E-state index contributed by atoms with van der Waals surface area (Å²) in [5.41, 5.74) is 1.38. The lowest BCUT2D eigenvalue weighted by Gasteiger charge is -2.43. The van der Waals surface area contributed by atoms with Crippen LogP contribution in [0.1, 0.15) is 44.9 Å². The summed E-state index contributed by atoms with van der Waals surface area (Å²) in [6.45, 7) is 10.1. The first kappa shape index (κ1) is 22.5. The molecule has 0 radical (unpaired) electrons. The van der Waals surface area contributed by atoms with E-state index in [1.807, 2.05) is 41.3 Å². The second-order valence-electron chi connectivity index (χ2n) is 10.3. The summed E-state index contributed by atoms with van der Waals surface area (Å²) in [5, 5.41) is 0. The van der Waals surface area contributed by atoms with E-state index in [9.17, 15) is 9.59 Å². The third-order valence-electron chi connectivity index (χ3n) is 6.52. The Labute approximate surface area is 191 Å². The van der Waals surface area contributed by atoms with Crippen LogP contribution in [0.4, 0.5) is 4.79 Å². The molecule has 0 unspecified atom stereocenters. The molecule has 1 aromatic heterocycles. The highest BCUT2D eigenvalue weighted by Crippen LogP contribution is 2.38. The summed E-state index contributed by atoms with van der Waals surface area (Å²) < 4.78 is 0. The number of piperidine rings is 1. The van der Waals surface area contributed by atoms with Gasteiger partial charge in [-0.3, -0.25) is 14.7 Å². The summed E-state index contributed by atoms with van der Waals surface area (Å²) in [5.74, 6) is -0.0587. The van der Waals surface area contributed by atoms with Crippen LogP contribution in [0.2, 0.25) is 0 Å². The molecule has 3 amide bonds. The molecule has 2 aliphatic rings. The third-order valence-corrected chi connectivity index (χ3v) is 6.52. The number of aromatic nitrogens is 1. The van der Waals surface area contributed by atoms with Gasteiger partial charge in [-0.25, -0.2) is 4.79 Å². The maximum atomic E-state index is 13.7. The number of pyridine rings is 1. The molecule has 0 N–H and O–H groups in total. The standard InChI is InChI=1S/C26H34N4O2/c1-25(2,3)20-28-17-13-26(14-18-28)23(31)29(19-22-11-7-8-15-27-22)24(32)30(26)16-12-21-9-5-4-6-10-21/h4-11,15H,12-14,16-20H2,1-3H3. The first-order valence-electron chi connectivity index (χ1n) is 11.6. The Balaban J connectivity index is 1.56. The summed E-state index contributed by atoms with van der Waals surface area (Å²) in [6.07, 6.45) is 3.81. The number of benzene rings is 1. The van der Waals surface area contributed by atoms with E-state index in [4.69, 9.17) is 0 Å². The van der Waals surface area contributed by atoms with E-state index in [1.165, 1.54) is 10.5 Å². The molecule has 0 aliphatic carbocycles. The van der Waals surface area contributed by atoms with Crippen LogP contribution in [-0.4, -0.2) is 63.3 Å². The Hall–Kier alpha value is -2.73. The lowest BCUT2D eigenvalue weighted by atomic mass is 9.84. The second kappa shape index (κ2) is 9.02. The van der Waals surface area contributed by atoms with Gasteiger partial charge in [-0.05, 0) is 42.4 Å². The molecule has 0 atom stereocenters. The number of urea groups is 1. The van der Waals surface area contributed by atoms with E-state index in [0.717, 1.165) is 31.7 Å². The Morgan fingerprint density at radius 1 is 0.969 bits per heavy atom. The van der Waals surface area contributed by atoms with Crippen LogP contribution < -0.4 is 0 Å². The number of nitrogens with zero attached hydrogens (tertiary/aromatic N) is 4. The third kappa shape index (κ3) is 4.70. The van der Waals surface area contributed by atoms with Crippen molar-refractivity contribution in [2.24, 2.45) is 5.41 Å². The van der Waals surface area contributed by atoms with Crippen molar-refractivity contribution in [3.63, 3.8) is 0 Å². The molecule has 3 heterocycles. The number of likely N-dealkylation sites (tertiary alicyclic amines) is 1. The number of carbonyl (C=O) groups excluding carboxylic acids is 2. The minimum Gasteiger partial charge on any atom is -0.309 e. The summed E-state index contributed by atoms with van der Waals surface area (Å²) >= 11 is 0. The van der Waals surface area contributed by atoms with Crippen molar-refractivity contribution in [3.8, 4) is 0 Å². The summed E-state index contributed by atoms with van der Waals surface area (Å²) in [6, 6.07) is 15.6. The van der Waals surface area contributed by atoms with Crippen LogP contribution in [0.15, 0.2) is 54.7 Å². The second-order valence-corrected chi connectivity index (χ2v) is 10.3. The van der Waals surface area contributed by atoms with Crippen molar-refractivity contribution in [3.05, 3.63) is 66.0 Å². The van der Waals surface area contributed by atoms with Gasteiger partial charge in [0.25, 0.3) is 5.91 Å². The Kier molecular flexibility index (Phi) is 6.33. The lowest BCUT2D eigenvalue weighted by molar-refractivity contribution is -0.136. The first-order valence-corrected chi connectivity index (χ1v) is 11.6. The van der Waals surface area contributed by atoms with Gasteiger partial charge in [0, 0.05) is 32.4 Å². The fraction of sp³-hybridized carbons (Fsp3) is 0.500. The highest BCUT2D eigenvalue weighted by atomic mass is 16.2. The average Bonchev–Trinajstić information content (AvgIpc) is 2.96. The molecule has 6 nitrogen and oxygen atoms in total. The summed E-state index contributed by atoms with van der Waals surface area (Å²) in [7, 11) is 0. The van der Waals surface area contributed by atoms with Gasteiger partial charge in [0.2, 0.25) is 0 Å². The zero-order valence-electron chi connectivity index (χ0n) is 19.5. The van der Waals surface area contributed by atoms with E-state index in [0.29, 0.717) is 19.4 Å². The fourth-order valence-corrected chi connectivity index (χ4v) is 5.01. The SMILES string of the molecule is CC(C)(C)CN1CCC2(CC1)C(=O)N(Cc1ccccn1)C(=O)N2CCc1ccccc1. The van der Waals surface area contributed by atoms with Gasteiger partial charge in [0.15, 0.2) is 0 Å². The maximum Gasteiger partial charge on any atom is 0.328 e. The molecule has 1 spiro atoms. The monoisotopic (exact) mass is 434 g/mol. The van der Waals surface area contributed by atoms with Crippen LogP contribution in [0.25, 0.3) is 0 Å². The molecule has 2 saturated heterocycles. The highest BCUT2D eigenvalue weighted by Gasteiger charge is 2.57. The highest BCUT2D eigenvalue weighted by molar-refractivity contribution is 6.07. The molecule has 0 saturated carbocycles. The molecule has 2 fully saturated rings. The zero-order chi connectivity index (χ0) is 22.8. The van der Waals surface area contributed by atoms with Crippen LogP contribution in [0.3, 0.4) is 0 Å².